The molecule has 144 valence electrons. The Morgan fingerprint density at radius 3 is 2.43 bits per heavy atom. The van der Waals surface area contributed by atoms with Crippen molar-refractivity contribution in [2.75, 3.05) is 18.5 Å². The van der Waals surface area contributed by atoms with Gasteiger partial charge in [0, 0.05) is 43.2 Å². The monoisotopic (exact) mass is 440 g/mol. The molecule has 0 radical (unpaired) electrons. The van der Waals surface area contributed by atoms with Gasteiger partial charge in [-0.1, -0.05) is 15.9 Å². The number of anilines is 1. The summed E-state index contributed by atoms with van der Waals surface area (Å²) in [7, 11) is 1.65. The lowest BCUT2D eigenvalue weighted by Gasteiger charge is -2.23. The van der Waals surface area contributed by atoms with Crippen LogP contribution in [0.25, 0.3) is 5.70 Å². The molecular weight excluding hydrogens is 418 g/mol. The Kier molecular flexibility index (Phi) is 4.83. The van der Waals surface area contributed by atoms with Crippen molar-refractivity contribution in [3.8, 4) is 0 Å². The highest BCUT2D eigenvalue weighted by atomic mass is 79.9. The molecule has 1 heterocycles. The number of fused-ring (bicyclic) bond motifs is 1. The van der Waals surface area contributed by atoms with E-state index in [1.54, 1.807) is 14.0 Å². The smallest absolute Gasteiger partial charge is 0.317 e. The number of likely N-dealkylation sites (N-methyl/N-ethyl adjacent to an activating group) is 1. The molecule has 0 aromatic heterocycles. The van der Waals surface area contributed by atoms with Crippen molar-refractivity contribution in [2.24, 2.45) is 0 Å². The molecule has 0 saturated heterocycles. The molecule has 0 bridgehead atoms. The first-order valence-corrected chi connectivity index (χ1v) is 10.4. The van der Waals surface area contributed by atoms with Crippen LogP contribution < -0.4 is 25.4 Å². The Morgan fingerprint density at radius 2 is 1.89 bits per heavy atom. The third-order valence-electron chi connectivity index (χ3n) is 5.40. The van der Waals surface area contributed by atoms with E-state index >= 15 is 0 Å². The molecule has 1 fully saturated rings. The van der Waals surface area contributed by atoms with E-state index < -0.39 is 0 Å². The van der Waals surface area contributed by atoms with Crippen molar-refractivity contribution >= 4 is 44.8 Å². The highest BCUT2D eigenvalue weighted by Crippen LogP contribution is 2.43. The van der Waals surface area contributed by atoms with Crippen LogP contribution in [0.5, 0.6) is 0 Å². The van der Waals surface area contributed by atoms with Crippen LogP contribution in [0.1, 0.15) is 38.2 Å². The first-order chi connectivity index (χ1) is 13.5. The molecule has 2 aromatic carbocycles. The van der Waals surface area contributed by atoms with Crippen LogP contribution in [0, 0.1) is 0 Å². The van der Waals surface area contributed by atoms with Gasteiger partial charge in [-0.3, -0.25) is 9.59 Å². The van der Waals surface area contributed by atoms with Gasteiger partial charge in [0.25, 0.3) is 5.70 Å². The van der Waals surface area contributed by atoms with Gasteiger partial charge in [-0.25, -0.2) is 0 Å². The van der Waals surface area contributed by atoms with Crippen LogP contribution in [0.2, 0.25) is 0 Å². The molecule has 2 aromatic rings. The summed E-state index contributed by atoms with van der Waals surface area (Å²) >= 11 is 3.46. The first-order valence-electron chi connectivity index (χ1n) is 9.57. The average Bonchev–Trinajstić information content (AvgIpc) is 3.50. The van der Waals surface area contributed by atoms with E-state index in [2.05, 4.69) is 33.4 Å². The molecule has 1 saturated carbocycles. The lowest BCUT2D eigenvalue weighted by molar-refractivity contribution is -0.117. The second kappa shape index (κ2) is 7.17. The van der Waals surface area contributed by atoms with Crippen molar-refractivity contribution in [3.63, 3.8) is 0 Å². The van der Waals surface area contributed by atoms with Crippen LogP contribution in [-0.4, -0.2) is 25.4 Å². The number of carbonyl (C=O) groups excluding carboxylic acids is 2. The van der Waals surface area contributed by atoms with E-state index in [4.69, 9.17) is 0 Å². The number of benzene rings is 2. The number of hydrogen-bond donors (Lipinski definition) is 1. The lowest BCUT2D eigenvalue weighted by atomic mass is 10.00. The zero-order chi connectivity index (χ0) is 20.0. The molecule has 2 amide bonds. The summed E-state index contributed by atoms with van der Waals surface area (Å²) in [5, 5.41) is 4.67. The summed E-state index contributed by atoms with van der Waals surface area (Å²) < 4.78 is 2.95. The minimum absolute atomic E-state index is 0.0365. The number of nitrogens with one attached hydrogen (secondary N) is 1. The SMILES string of the molecule is CCN(C(C)=O)c1cc2c(cc1C1CC1)=C(C(=O)NC)[N+]=2c1ccc(Br)cc1. The van der Waals surface area contributed by atoms with E-state index in [1.807, 2.05) is 40.7 Å². The van der Waals surface area contributed by atoms with Gasteiger partial charge in [-0.2, -0.15) is 0 Å². The molecule has 0 atom stereocenters. The van der Waals surface area contributed by atoms with Crippen molar-refractivity contribution in [3.05, 3.63) is 57.0 Å². The second-order valence-corrected chi connectivity index (χ2v) is 8.12. The number of hydrogen-bond acceptors (Lipinski definition) is 2. The fraction of sp³-hybridized carbons (Fsp3) is 0.318. The van der Waals surface area contributed by atoms with Crippen LogP contribution in [0.4, 0.5) is 11.4 Å². The predicted molar refractivity (Wildman–Crippen MR) is 114 cm³/mol. The normalized spacial score (nSPS) is 15.0. The van der Waals surface area contributed by atoms with Crippen molar-refractivity contribution in [1.29, 1.82) is 0 Å². The molecule has 2 aliphatic rings. The van der Waals surface area contributed by atoms with Crippen molar-refractivity contribution < 1.29 is 9.59 Å². The largest absolute Gasteiger partial charge is 0.350 e. The molecule has 1 N–H and O–H groups in total. The minimum Gasteiger partial charge on any atom is -0.350 e. The number of carbonyl (C=O) groups is 2. The second-order valence-electron chi connectivity index (χ2n) is 7.21. The highest BCUT2D eigenvalue weighted by Gasteiger charge is 2.38. The van der Waals surface area contributed by atoms with E-state index in [0.29, 0.717) is 18.2 Å². The van der Waals surface area contributed by atoms with Crippen LogP contribution in [0.15, 0.2) is 40.9 Å². The molecule has 6 heteroatoms. The highest BCUT2D eigenvalue weighted by molar-refractivity contribution is 9.10. The quantitative estimate of drug-likeness (QED) is 0.725. The molecule has 1 aliphatic carbocycles. The Morgan fingerprint density at radius 1 is 1.21 bits per heavy atom. The number of rotatable bonds is 5. The van der Waals surface area contributed by atoms with Crippen LogP contribution in [-0.2, 0) is 9.59 Å². The maximum absolute atomic E-state index is 12.6. The molecule has 0 spiro atoms. The maximum Gasteiger partial charge on any atom is 0.317 e. The molecule has 0 unspecified atom stereocenters. The Labute approximate surface area is 172 Å². The van der Waals surface area contributed by atoms with Gasteiger partial charge < -0.3 is 10.2 Å². The molecule has 1 aliphatic heterocycles. The summed E-state index contributed by atoms with van der Waals surface area (Å²) in [6.07, 6.45) is 2.26. The van der Waals surface area contributed by atoms with Gasteiger partial charge in [0.2, 0.25) is 17.0 Å². The zero-order valence-electron chi connectivity index (χ0n) is 16.3. The van der Waals surface area contributed by atoms with E-state index in [9.17, 15) is 9.59 Å². The number of nitrogens with zero attached hydrogens (tertiary/aromatic N) is 2. The third-order valence-corrected chi connectivity index (χ3v) is 5.92. The molecule has 28 heavy (non-hydrogen) atoms. The summed E-state index contributed by atoms with van der Waals surface area (Å²) in [5.74, 6) is 0.402. The van der Waals surface area contributed by atoms with Crippen LogP contribution >= 0.6 is 15.9 Å². The molecule has 5 nitrogen and oxygen atoms in total. The minimum atomic E-state index is -0.108. The lowest BCUT2D eigenvalue weighted by Crippen LogP contribution is -2.54. The van der Waals surface area contributed by atoms with Gasteiger partial charge in [0.1, 0.15) is 5.22 Å². The predicted octanol–water partition coefficient (Wildman–Crippen LogP) is 2.39. The molecular formula is C22H23BrN3O2+. The Balaban J connectivity index is 1.99. The Hall–Kier alpha value is -2.47. The van der Waals surface area contributed by atoms with E-state index in [-0.39, 0.29) is 11.8 Å². The zero-order valence-corrected chi connectivity index (χ0v) is 17.8. The van der Waals surface area contributed by atoms with Crippen molar-refractivity contribution in [2.45, 2.75) is 32.6 Å². The first kappa shape index (κ1) is 18.9. The summed E-state index contributed by atoms with van der Waals surface area (Å²) in [4.78, 5) is 26.7. The fourth-order valence-corrected chi connectivity index (χ4v) is 4.14. The van der Waals surface area contributed by atoms with Gasteiger partial charge in [-0.05, 0) is 49.4 Å². The van der Waals surface area contributed by atoms with Gasteiger partial charge in [-0.15, -0.1) is 4.58 Å². The molecule has 4 rings (SSSR count). The van der Waals surface area contributed by atoms with E-state index in [1.165, 1.54) is 5.56 Å². The van der Waals surface area contributed by atoms with Gasteiger partial charge in [0.15, 0.2) is 0 Å². The summed E-state index contributed by atoms with van der Waals surface area (Å²) in [6.45, 7) is 4.22. The topological polar surface area (TPSA) is 52.4 Å². The summed E-state index contributed by atoms with van der Waals surface area (Å²) in [5.41, 5.74) is 3.71. The van der Waals surface area contributed by atoms with Gasteiger partial charge >= 0.3 is 5.91 Å². The number of amides is 2. The Bertz CT molecular complexity index is 1100. The average molecular weight is 441 g/mol. The number of halogens is 1. The van der Waals surface area contributed by atoms with Gasteiger partial charge in [0.05, 0.1) is 5.69 Å². The van der Waals surface area contributed by atoms with Crippen LogP contribution in [0.3, 0.4) is 0 Å². The summed E-state index contributed by atoms with van der Waals surface area (Å²) in [6, 6.07) is 12.1. The fourth-order valence-electron chi connectivity index (χ4n) is 3.87. The standard InChI is InChI=1S/C22H22BrN3O2/c1-4-25(13(2)27)19-12-20-18(11-17(19)14-5-6-14)21(22(28)24-3)26(20)16-9-7-15(23)8-10-16/h7-12,14H,4-6H2,1-3H3/p+1. The van der Waals surface area contributed by atoms with Crippen molar-refractivity contribution in [1.82, 2.24) is 9.89 Å². The third kappa shape index (κ3) is 3.05. The van der Waals surface area contributed by atoms with E-state index in [0.717, 1.165) is 39.3 Å². The maximum atomic E-state index is 12.6.